The lowest BCUT2D eigenvalue weighted by Gasteiger charge is -2.35. The normalized spacial score (nSPS) is 14.2. The molecule has 0 aliphatic carbocycles. The third kappa shape index (κ3) is 4.57. The maximum atomic E-state index is 14.4. The summed E-state index contributed by atoms with van der Waals surface area (Å²) in [5.74, 6) is 1.08. The molecule has 0 radical (unpaired) electrons. The monoisotopic (exact) mass is 422 g/mol. The van der Waals surface area contributed by atoms with Gasteiger partial charge >= 0.3 is 0 Å². The Morgan fingerprint density at radius 3 is 2.42 bits per heavy atom. The lowest BCUT2D eigenvalue weighted by Crippen LogP contribution is -2.48. The van der Waals surface area contributed by atoms with Crippen LogP contribution in [0.2, 0.25) is 0 Å². The minimum atomic E-state index is -0.242. The molecule has 1 fully saturated rings. The van der Waals surface area contributed by atoms with Crippen molar-refractivity contribution in [1.82, 2.24) is 24.6 Å². The molecule has 31 heavy (non-hydrogen) atoms. The standard InChI is InChI=1S/C23H27FN6O/c1-15-5-6-21(24)19(11-15)13-20-14-22(29-9-7-28(8-10-29)18(4)31)26-23(25-20)30-17(3)12-16(2)27-30/h5-6,11-12,14H,7-10,13H2,1-4H3. The number of halogens is 1. The van der Waals surface area contributed by atoms with E-state index < -0.39 is 0 Å². The van der Waals surface area contributed by atoms with Crippen LogP contribution in [0.3, 0.4) is 0 Å². The molecular weight excluding hydrogens is 395 g/mol. The number of hydrogen-bond acceptors (Lipinski definition) is 5. The third-order valence-corrected chi connectivity index (χ3v) is 5.57. The number of piperazine rings is 1. The van der Waals surface area contributed by atoms with E-state index in [1.54, 1.807) is 17.7 Å². The number of aromatic nitrogens is 4. The highest BCUT2D eigenvalue weighted by atomic mass is 19.1. The van der Waals surface area contributed by atoms with Gasteiger partial charge in [0.05, 0.1) is 11.4 Å². The van der Waals surface area contributed by atoms with Gasteiger partial charge in [-0.3, -0.25) is 4.79 Å². The molecule has 0 bridgehead atoms. The summed E-state index contributed by atoms with van der Waals surface area (Å²) in [7, 11) is 0. The van der Waals surface area contributed by atoms with Crippen LogP contribution >= 0.6 is 0 Å². The number of amides is 1. The van der Waals surface area contributed by atoms with Crippen LogP contribution < -0.4 is 4.90 Å². The van der Waals surface area contributed by atoms with E-state index >= 15 is 0 Å². The van der Waals surface area contributed by atoms with Crippen molar-refractivity contribution in [3.05, 3.63) is 64.4 Å². The first-order valence-corrected chi connectivity index (χ1v) is 10.5. The van der Waals surface area contributed by atoms with E-state index in [-0.39, 0.29) is 11.7 Å². The highest BCUT2D eigenvalue weighted by molar-refractivity contribution is 5.73. The number of carbonyl (C=O) groups excluding carboxylic acids is 1. The third-order valence-electron chi connectivity index (χ3n) is 5.57. The lowest BCUT2D eigenvalue weighted by atomic mass is 10.1. The Morgan fingerprint density at radius 2 is 1.77 bits per heavy atom. The van der Waals surface area contributed by atoms with E-state index in [1.807, 2.05) is 43.9 Å². The van der Waals surface area contributed by atoms with E-state index in [4.69, 9.17) is 9.97 Å². The van der Waals surface area contributed by atoms with Gasteiger partial charge in [-0.2, -0.15) is 10.1 Å². The molecule has 4 rings (SSSR count). The van der Waals surface area contributed by atoms with E-state index in [0.717, 1.165) is 28.5 Å². The van der Waals surface area contributed by atoms with Crippen LogP contribution in [0.25, 0.3) is 5.95 Å². The first kappa shape index (κ1) is 21.0. The Balaban J connectivity index is 1.71. The van der Waals surface area contributed by atoms with Crippen molar-refractivity contribution in [1.29, 1.82) is 0 Å². The molecule has 0 atom stereocenters. The summed E-state index contributed by atoms with van der Waals surface area (Å²) in [5, 5.41) is 4.53. The lowest BCUT2D eigenvalue weighted by molar-refractivity contribution is -0.129. The molecule has 1 aliphatic heterocycles. The van der Waals surface area contributed by atoms with Gasteiger partial charge in [0.15, 0.2) is 0 Å². The van der Waals surface area contributed by atoms with E-state index in [9.17, 15) is 9.18 Å². The van der Waals surface area contributed by atoms with Crippen molar-refractivity contribution in [2.24, 2.45) is 0 Å². The molecule has 1 amide bonds. The van der Waals surface area contributed by atoms with Crippen LogP contribution in [-0.4, -0.2) is 56.7 Å². The molecule has 1 saturated heterocycles. The summed E-state index contributed by atoms with van der Waals surface area (Å²) >= 11 is 0. The summed E-state index contributed by atoms with van der Waals surface area (Å²) in [6, 6.07) is 9.00. The molecule has 1 aliphatic rings. The number of nitrogens with zero attached hydrogens (tertiary/aromatic N) is 6. The first-order valence-electron chi connectivity index (χ1n) is 10.5. The average Bonchev–Trinajstić information content (AvgIpc) is 3.08. The average molecular weight is 423 g/mol. The Kier molecular flexibility index (Phi) is 5.71. The van der Waals surface area contributed by atoms with Crippen molar-refractivity contribution in [2.75, 3.05) is 31.1 Å². The number of benzene rings is 1. The van der Waals surface area contributed by atoms with Crippen molar-refractivity contribution >= 4 is 11.7 Å². The second-order valence-corrected chi connectivity index (χ2v) is 8.12. The zero-order chi connectivity index (χ0) is 22.1. The molecular formula is C23H27FN6O. The fourth-order valence-electron chi connectivity index (χ4n) is 3.93. The smallest absolute Gasteiger partial charge is 0.252 e. The molecule has 162 valence electrons. The molecule has 3 aromatic rings. The molecule has 1 aromatic carbocycles. The van der Waals surface area contributed by atoms with Gasteiger partial charge < -0.3 is 9.80 Å². The van der Waals surface area contributed by atoms with Crippen LogP contribution in [0.5, 0.6) is 0 Å². The minimum Gasteiger partial charge on any atom is -0.353 e. The van der Waals surface area contributed by atoms with Crippen LogP contribution in [0.1, 0.15) is 35.1 Å². The number of rotatable bonds is 4. The Bertz CT molecular complexity index is 1120. The molecule has 0 unspecified atom stereocenters. The molecule has 0 spiro atoms. The minimum absolute atomic E-state index is 0.0845. The van der Waals surface area contributed by atoms with Crippen molar-refractivity contribution < 1.29 is 9.18 Å². The summed E-state index contributed by atoms with van der Waals surface area (Å²) in [4.78, 5) is 25.1. The summed E-state index contributed by atoms with van der Waals surface area (Å²) in [6.45, 7) is 10.1. The van der Waals surface area contributed by atoms with E-state index in [1.165, 1.54) is 6.07 Å². The van der Waals surface area contributed by atoms with Crippen LogP contribution in [-0.2, 0) is 11.2 Å². The number of hydrogen-bond donors (Lipinski definition) is 0. The predicted octanol–water partition coefficient (Wildman–Crippen LogP) is 2.99. The summed E-state index contributed by atoms with van der Waals surface area (Å²) in [5.41, 5.74) is 4.15. The van der Waals surface area contributed by atoms with Crippen molar-refractivity contribution in [3.63, 3.8) is 0 Å². The Morgan fingerprint density at radius 1 is 1.03 bits per heavy atom. The molecule has 8 heteroatoms. The van der Waals surface area contributed by atoms with E-state index in [2.05, 4.69) is 10.00 Å². The number of aryl methyl sites for hydroxylation is 3. The van der Waals surface area contributed by atoms with Gasteiger partial charge in [-0.15, -0.1) is 0 Å². The maximum Gasteiger partial charge on any atom is 0.252 e. The number of anilines is 1. The van der Waals surface area contributed by atoms with Crippen molar-refractivity contribution in [2.45, 2.75) is 34.1 Å². The van der Waals surface area contributed by atoms with E-state index in [0.29, 0.717) is 44.1 Å². The SMILES string of the molecule is CC(=O)N1CCN(c2cc(Cc3cc(C)ccc3F)nc(-n3nc(C)cc3C)n2)CC1. The van der Waals surface area contributed by atoms with Gasteiger partial charge in [-0.25, -0.2) is 14.1 Å². The zero-order valence-electron chi connectivity index (χ0n) is 18.4. The quantitative estimate of drug-likeness (QED) is 0.647. The Hall–Kier alpha value is -3.29. The highest BCUT2D eigenvalue weighted by Gasteiger charge is 2.22. The number of carbonyl (C=O) groups is 1. The second-order valence-electron chi connectivity index (χ2n) is 8.12. The molecule has 0 saturated carbocycles. The fraction of sp³-hybridized carbons (Fsp3) is 0.391. The van der Waals surface area contributed by atoms with Crippen LogP contribution in [0.15, 0.2) is 30.3 Å². The van der Waals surface area contributed by atoms with Gasteiger partial charge in [0.25, 0.3) is 5.95 Å². The fourth-order valence-corrected chi connectivity index (χ4v) is 3.93. The maximum absolute atomic E-state index is 14.4. The summed E-state index contributed by atoms with van der Waals surface area (Å²) in [6.07, 6.45) is 0.364. The summed E-state index contributed by atoms with van der Waals surface area (Å²) < 4.78 is 16.1. The highest BCUT2D eigenvalue weighted by Crippen LogP contribution is 2.21. The zero-order valence-corrected chi connectivity index (χ0v) is 18.4. The molecule has 3 heterocycles. The topological polar surface area (TPSA) is 67.2 Å². The molecule has 0 N–H and O–H groups in total. The van der Waals surface area contributed by atoms with Crippen LogP contribution in [0.4, 0.5) is 10.2 Å². The van der Waals surface area contributed by atoms with Gasteiger partial charge in [-0.1, -0.05) is 17.7 Å². The van der Waals surface area contributed by atoms with Crippen LogP contribution in [0, 0.1) is 26.6 Å². The van der Waals surface area contributed by atoms with Gasteiger partial charge in [-0.05, 0) is 38.5 Å². The Labute approximate surface area is 181 Å². The predicted molar refractivity (Wildman–Crippen MR) is 117 cm³/mol. The molecule has 7 nitrogen and oxygen atoms in total. The molecule has 2 aromatic heterocycles. The van der Waals surface area contributed by atoms with Gasteiger partial charge in [0.2, 0.25) is 5.91 Å². The van der Waals surface area contributed by atoms with Gasteiger partial charge in [0, 0.05) is 51.3 Å². The second kappa shape index (κ2) is 8.45. The first-order chi connectivity index (χ1) is 14.8. The van der Waals surface area contributed by atoms with Crippen molar-refractivity contribution in [3.8, 4) is 5.95 Å². The van der Waals surface area contributed by atoms with Gasteiger partial charge in [0.1, 0.15) is 11.6 Å². The largest absolute Gasteiger partial charge is 0.353 e.